The zero-order chi connectivity index (χ0) is 26.4. The molecular formula is C33H38FNO. The minimum absolute atomic E-state index is 0.186. The molecule has 0 atom stereocenters. The number of aliphatic imine (C=N–C) groups is 1. The molecule has 0 radical (unpaired) electrons. The molecule has 1 heterocycles. The van der Waals surface area contributed by atoms with E-state index >= 15 is 4.39 Å². The van der Waals surface area contributed by atoms with Gasteiger partial charge in [0.1, 0.15) is 17.0 Å². The number of halogens is 1. The van der Waals surface area contributed by atoms with Crippen LogP contribution in [0.15, 0.2) is 45.8 Å². The quantitative estimate of drug-likeness (QED) is 0.275. The number of hydrogen-bond donors (Lipinski definition) is 0. The van der Waals surface area contributed by atoms with Crippen molar-refractivity contribution in [2.75, 3.05) is 7.05 Å². The Labute approximate surface area is 214 Å². The lowest BCUT2D eigenvalue weighted by atomic mass is 9.86. The number of furan rings is 1. The van der Waals surface area contributed by atoms with Crippen molar-refractivity contribution in [2.24, 2.45) is 10.9 Å². The molecule has 3 aromatic carbocycles. The average molecular weight is 484 g/mol. The molecule has 2 nitrogen and oxygen atoms in total. The molecule has 3 heteroatoms. The molecule has 4 aromatic rings. The first-order valence-electron chi connectivity index (χ1n) is 12.8. The molecular weight excluding hydrogens is 445 g/mol. The molecule has 0 bridgehead atoms. The van der Waals surface area contributed by atoms with E-state index in [0.29, 0.717) is 11.5 Å². The summed E-state index contributed by atoms with van der Waals surface area (Å²) in [5.41, 5.74) is 7.79. The fourth-order valence-electron chi connectivity index (χ4n) is 5.16. The van der Waals surface area contributed by atoms with Crippen molar-refractivity contribution in [3.63, 3.8) is 0 Å². The summed E-state index contributed by atoms with van der Waals surface area (Å²) >= 11 is 0. The normalized spacial score (nSPS) is 14.1. The highest BCUT2D eigenvalue weighted by atomic mass is 19.1. The van der Waals surface area contributed by atoms with Crippen molar-refractivity contribution in [3.8, 4) is 0 Å². The van der Waals surface area contributed by atoms with Gasteiger partial charge in [0.15, 0.2) is 0 Å². The molecule has 0 spiro atoms. The van der Waals surface area contributed by atoms with Crippen LogP contribution in [0.2, 0.25) is 0 Å². The predicted molar refractivity (Wildman–Crippen MR) is 153 cm³/mol. The van der Waals surface area contributed by atoms with E-state index < -0.39 is 0 Å². The third-order valence-corrected chi connectivity index (χ3v) is 7.12. The van der Waals surface area contributed by atoms with E-state index in [4.69, 9.17) is 4.42 Å². The van der Waals surface area contributed by atoms with Crippen LogP contribution in [0.1, 0.15) is 69.4 Å². The van der Waals surface area contributed by atoms with Crippen LogP contribution in [0.5, 0.6) is 0 Å². The zero-order valence-corrected chi connectivity index (χ0v) is 23.1. The third-order valence-electron chi connectivity index (χ3n) is 7.12. The fraction of sp³-hybridized carbons (Fsp3) is 0.364. The Morgan fingerprint density at radius 1 is 1.06 bits per heavy atom. The van der Waals surface area contributed by atoms with E-state index in [0.717, 1.165) is 55.5 Å². The van der Waals surface area contributed by atoms with E-state index in [2.05, 4.69) is 70.0 Å². The first kappa shape index (κ1) is 25.9. The van der Waals surface area contributed by atoms with Gasteiger partial charge in [-0.15, -0.1) is 0 Å². The summed E-state index contributed by atoms with van der Waals surface area (Å²) in [6, 6.07) is 12.4. The lowest BCUT2D eigenvalue weighted by Gasteiger charge is -2.19. The summed E-state index contributed by atoms with van der Waals surface area (Å²) in [5.74, 6) is 0.399. The Kier molecular flexibility index (Phi) is 6.96. The topological polar surface area (TPSA) is 25.5 Å². The van der Waals surface area contributed by atoms with Crippen molar-refractivity contribution < 1.29 is 8.81 Å². The first-order valence-corrected chi connectivity index (χ1v) is 12.8. The van der Waals surface area contributed by atoms with Crippen molar-refractivity contribution in [2.45, 2.75) is 67.2 Å². The van der Waals surface area contributed by atoms with Gasteiger partial charge in [-0.1, -0.05) is 52.8 Å². The van der Waals surface area contributed by atoms with Crippen LogP contribution in [0, 0.1) is 25.6 Å². The van der Waals surface area contributed by atoms with Crippen molar-refractivity contribution in [3.05, 3.63) is 80.5 Å². The molecule has 0 aliphatic rings. The van der Waals surface area contributed by atoms with E-state index in [-0.39, 0.29) is 11.2 Å². The molecule has 0 amide bonds. The van der Waals surface area contributed by atoms with Gasteiger partial charge in [0.25, 0.3) is 0 Å². The molecule has 0 unspecified atom stereocenters. The Morgan fingerprint density at radius 3 is 2.42 bits per heavy atom. The van der Waals surface area contributed by atoms with Gasteiger partial charge in [-0.05, 0) is 101 Å². The van der Waals surface area contributed by atoms with Gasteiger partial charge in [0.2, 0.25) is 0 Å². The van der Waals surface area contributed by atoms with E-state index in [1.54, 1.807) is 13.1 Å². The zero-order valence-electron chi connectivity index (χ0n) is 23.1. The average Bonchev–Trinajstić information content (AvgIpc) is 3.13. The lowest BCUT2D eigenvalue weighted by molar-refractivity contribution is 0.522. The standard InChI is InChI=1S/C33H38FNO/c1-19(2)14-23-10-11-25(24(16-23)12-13-35-9)22(5)31-21(4)20(3)15-27-26-17-29(34)28(33(6,7)8)18-30(26)36-32(27)31/h10-13,15-19H,14H2,1-9H3/b24-12-,25-22+,35-13?. The largest absolute Gasteiger partial charge is 0.455 e. The smallest absolute Gasteiger partial charge is 0.143 e. The van der Waals surface area contributed by atoms with Gasteiger partial charge < -0.3 is 4.42 Å². The minimum Gasteiger partial charge on any atom is -0.455 e. The summed E-state index contributed by atoms with van der Waals surface area (Å²) in [6.07, 6.45) is 4.96. The molecule has 0 N–H and O–H groups in total. The van der Waals surface area contributed by atoms with Crippen molar-refractivity contribution in [1.82, 2.24) is 0 Å². The maximum absolute atomic E-state index is 15.2. The highest BCUT2D eigenvalue weighted by molar-refractivity contribution is 6.09. The molecule has 0 fully saturated rings. The number of aryl methyl sites for hydroxylation is 1. The molecule has 36 heavy (non-hydrogen) atoms. The summed E-state index contributed by atoms with van der Waals surface area (Å²) < 4.78 is 21.7. The Bertz CT molecular complexity index is 1610. The summed E-state index contributed by atoms with van der Waals surface area (Å²) in [4.78, 5) is 4.20. The van der Waals surface area contributed by atoms with Gasteiger partial charge in [0, 0.05) is 29.6 Å². The number of nitrogens with zero attached hydrogens (tertiary/aromatic N) is 1. The highest BCUT2D eigenvalue weighted by Crippen LogP contribution is 2.39. The molecule has 0 saturated carbocycles. The monoisotopic (exact) mass is 483 g/mol. The molecule has 0 aliphatic heterocycles. The van der Waals surface area contributed by atoms with Crippen molar-refractivity contribution in [1.29, 1.82) is 0 Å². The molecule has 1 aromatic heterocycles. The first-order chi connectivity index (χ1) is 16.9. The van der Waals surface area contributed by atoms with Crippen molar-refractivity contribution >= 4 is 39.8 Å². The lowest BCUT2D eigenvalue weighted by Crippen LogP contribution is -2.28. The summed E-state index contributed by atoms with van der Waals surface area (Å²) in [6.45, 7) is 17.0. The van der Waals surface area contributed by atoms with Crippen LogP contribution in [0.25, 0.3) is 33.6 Å². The fourth-order valence-corrected chi connectivity index (χ4v) is 5.16. The Balaban J connectivity index is 2.10. The molecule has 4 rings (SSSR count). The molecule has 0 aliphatic carbocycles. The maximum atomic E-state index is 15.2. The van der Waals surface area contributed by atoms with Gasteiger partial charge >= 0.3 is 0 Å². The van der Waals surface area contributed by atoms with Crippen LogP contribution in [-0.4, -0.2) is 13.3 Å². The predicted octanol–water partition coefficient (Wildman–Crippen LogP) is 7.54. The highest BCUT2D eigenvalue weighted by Gasteiger charge is 2.23. The Morgan fingerprint density at radius 2 is 1.78 bits per heavy atom. The second kappa shape index (κ2) is 9.69. The summed E-state index contributed by atoms with van der Waals surface area (Å²) in [7, 11) is 1.79. The van der Waals surface area contributed by atoms with Gasteiger partial charge in [0.05, 0.1) is 0 Å². The van der Waals surface area contributed by atoms with Crippen LogP contribution in [0.3, 0.4) is 0 Å². The second-order valence-corrected chi connectivity index (χ2v) is 11.5. The van der Waals surface area contributed by atoms with Gasteiger partial charge in [-0.3, -0.25) is 4.99 Å². The SMILES string of the molecule is CN=C/C=c1/cc(CC(C)C)cc/c1=C(/C)c1c(C)c(C)cc2c1oc1cc(C(C)(C)C)c(F)cc12. The van der Waals surface area contributed by atoms with E-state index in [9.17, 15) is 0 Å². The van der Waals surface area contributed by atoms with E-state index in [1.807, 2.05) is 33.1 Å². The van der Waals surface area contributed by atoms with Gasteiger partial charge in [-0.2, -0.15) is 0 Å². The third kappa shape index (κ3) is 4.76. The van der Waals surface area contributed by atoms with Crippen LogP contribution >= 0.6 is 0 Å². The Hall–Kier alpha value is -3.20. The van der Waals surface area contributed by atoms with E-state index in [1.165, 1.54) is 11.1 Å². The maximum Gasteiger partial charge on any atom is 0.143 e. The second-order valence-electron chi connectivity index (χ2n) is 11.5. The number of fused-ring (bicyclic) bond motifs is 3. The van der Waals surface area contributed by atoms with Gasteiger partial charge in [-0.25, -0.2) is 4.39 Å². The molecule has 188 valence electrons. The number of benzene rings is 3. The summed E-state index contributed by atoms with van der Waals surface area (Å²) in [5, 5.41) is 4.07. The molecule has 0 saturated heterocycles. The number of hydrogen-bond acceptors (Lipinski definition) is 2. The van der Waals surface area contributed by atoms with Crippen LogP contribution in [-0.2, 0) is 11.8 Å². The van der Waals surface area contributed by atoms with Crippen LogP contribution in [0.4, 0.5) is 4.39 Å². The number of rotatable bonds is 4. The van der Waals surface area contributed by atoms with Crippen LogP contribution < -0.4 is 10.4 Å². The minimum atomic E-state index is -0.308.